The Morgan fingerprint density at radius 3 is 2.48 bits per heavy atom. The lowest BCUT2D eigenvalue weighted by Crippen LogP contribution is -2.55. The highest BCUT2D eigenvalue weighted by atomic mass is 31.2. The second-order valence-corrected chi connectivity index (χ2v) is 8.37. The van der Waals surface area contributed by atoms with Gasteiger partial charge in [0.25, 0.3) is 8.53 Å². The van der Waals surface area contributed by atoms with Crippen LogP contribution in [0.2, 0.25) is 0 Å². The standard InChI is InChI=1S/C18H34FN2O3P/c1-6-11-21(12-7-2)25(23-13-9-10-20)24-17-16(19)15(4)14-22-18(17,5)8-3/h15-17H,6-9,11-14H2,1-5H3/t15-,16+,17+,18-,25?/m1/s1. The average Bonchev–Trinajstić information content (AvgIpc) is 2.60. The summed E-state index contributed by atoms with van der Waals surface area (Å²) in [4.78, 5) is 0. The zero-order chi connectivity index (χ0) is 18.9. The average molecular weight is 376 g/mol. The van der Waals surface area contributed by atoms with Gasteiger partial charge in [0.1, 0.15) is 12.3 Å². The summed E-state index contributed by atoms with van der Waals surface area (Å²) in [6.45, 7) is 12.3. The fourth-order valence-corrected chi connectivity index (χ4v) is 4.71. The third-order valence-electron chi connectivity index (χ3n) is 4.63. The number of ether oxygens (including phenoxy) is 1. The van der Waals surface area contributed by atoms with Crippen LogP contribution >= 0.6 is 8.53 Å². The van der Waals surface area contributed by atoms with Crippen LogP contribution in [0.25, 0.3) is 0 Å². The third-order valence-corrected chi connectivity index (χ3v) is 6.30. The van der Waals surface area contributed by atoms with Crippen molar-refractivity contribution in [1.82, 2.24) is 4.67 Å². The molecule has 0 spiro atoms. The highest BCUT2D eigenvalue weighted by molar-refractivity contribution is 7.44. The second kappa shape index (κ2) is 11.4. The molecule has 1 saturated heterocycles. The van der Waals surface area contributed by atoms with Gasteiger partial charge in [-0.25, -0.2) is 9.06 Å². The number of hydrogen-bond acceptors (Lipinski definition) is 5. The van der Waals surface area contributed by atoms with Gasteiger partial charge < -0.3 is 13.8 Å². The minimum absolute atomic E-state index is 0.202. The van der Waals surface area contributed by atoms with Crippen molar-refractivity contribution >= 4 is 8.53 Å². The number of alkyl halides is 1. The summed E-state index contributed by atoms with van der Waals surface area (Å²) in [7, 11) is -1.42. The van der Waals surface area contributed by atoms with Gasteiger partial charge >= 0.3 is 0 Å². The molecule has 7 heteroatoms. The van der Waals surface area contributed by atoms with Crippen LogP contribution in [0.15, 0.2) is 0 Å². The molecule has 146 valence electrons. The Kier molecular flexibility index (Phi) is 10.4. The molecule has 1 aliphatic heterocycles. The molecule has 0 saturated carbocycles. The van der Waals surface area contributed by atoms with Gasteiger partial charge in [-0.3, -0.25) is 0 Å². The van der Waals surface area contributed by atoms with E-state index < -0.39 is 26.4 Å². The monoisotopic (exact) mass is 376 g/mol. The van der Waals surface area contributed by atoms with E-state index in [2.05, 4.69) is 24.6 Å². The van der Waals surface area contributed by atoms with Crippen molar-refractivity contribution in [2.45, 2.75) is 78.2 Å². The molecular weight excluding hydrogens is 342 g/mol. The van der Waals surface area contributed by atoms with E-state index in [0.29, 0.717) is 26.1 Å². The molecule has 0 bridgehead atoms. The summed E-state index contributed by atoms with van der Waals surface area (Å²) in [5.74, 6) is -0.202. The molecule has 0 N–H and O–H groups in total. The van der Waals surface area contributed by atoms with Crippen molar-refractivity contribution in [3.63, 3.8) is 0 Å². The van der Waals surface area contributed by atoms with Gasteiger partial charge in [-0.15, -0.1) is 0 Å². The number of nitriles is 1. The predicted octanol–water partition coefficient (Wildman–Crippen LogP) is 4.82. The minimum atomic E-state index is -1.42. The number of nitrogens with zero attached hydrogens (tertiary/aromatic N) is 2. The molecule has 25 heavy (non-hydrogen) atoms. The van der Waals surface area contributed by atoms with Crippen molar-refractivity contribution < 1.29 is 18.2 Å². The van der Waals surface area contributed by atoms with Crippen molar-refractivity contribution in [2.75, 3.05) is 26.3 Å². The smallest absolute Gasteiger partial charge is 0.259 e. The Morgan fingerprint density at radius 2 is 1.96 bits per heavy atom. The maximum atomic E-state index is 15.0. The van der Waals surface area contributed by atoms with Crippen molar-refractivity contribution in [3.05, 3.63) is 0 Å². The van der Waals surface area contributed by atoms with Crippen molar-refractivity contribution in [3.8, 4) is 6.07 Å². The summed E-state index contributed by atoms with van der Waals surface area (Å²) in [5, 5.41) is 8.79. The fraction of sp³-hybridized carbons (Fsp3) is 0.944. The lowest BCUT2D eigenvalue weighted by molar-refractivity contribution is -0.185. The third kappa shape index (κ3) is 6.41. The maximum absolute atomic E-state index is 15.0. The van der Waals surface area contributed by atoms with Gasteiger partial charge in [0.15, 0.2) is 0 Å². The fourth-order valence-electron chi connectivity index (χ4n) is 2.84. The first-order valence-electron chi connectivity index (χ1n) is 9.43. The van der Waals surface area contributed by atoms with E-state index in [9.17, 15) is 4.39 Å². The topological polar surface area (TPSA) is 54.7 Å². The van der Waals surface area contributed by atoms with Gasteiger partial charge in [0.2, 0.25) is 0 Å². The molecule has 1 heterocycles. The molecule has 1 unspecified atom stereocenters. The first-order valence-corrected chi connectivity index (χ1v) is 10.6. The number of rotatable bonds is 11. The Morgan fingerprint density at radius 1 is 1.32 bits per heavy atom. The number of halogens is 1. The lowest BCUT2D eigenvalue weighted by Gasteiger charge is -2.46. The molecule has 0 amide bonds. The Bertz CT molecular complexity index is 418. The van der Waals surface area contributed by atoms with E-state index >= 15 is 0 Å². The molecule has 0 aromatic heterocycles. The highest BCUT2D eigenvalue weighted by Crippen LogP contribution is 2.49. The van der Waals surface area contributed by atoms with Crippen molar-refractivity contribution in [2.24, 2.45) is 5.92 Å². The van der Waals surface area contributed by atoms with Crippen LogP contribution < -0.4 is 0 Å². The van der Waals surface area contributed by atoms with Gasteiger partial charge in [-0.1, -0.05) is 27.7 Å². The van der Waals surface area contributed by atoms with Crippen LogP contribution in [0.4, 0.5) is 4.39 Å². The summed E-state index contributed by atoms with van der Waals surface area (Å²) >= 11 is 0. The molecule has 0 aromatic rings. The summed E-state index contributed by atoms with van der Waals surface area (Å²) < 4.78 is 35.2. The molecule has 1 rings (SSSR count). The van der Waals surface area contributed by atoms with E-state index in [1.807, 2.05) is 20.8 Å². The van der Waals surface area contributed by atoms with E-state index in [0.717, 1.165) is 25.9 Å². The second-order valence-electron chi connectivity index (χ2n) is 6.86. The number of hydrogen-bond donors (Lipinski definition) is 0. The zero-order valence-corrected chi connectivity index (χ0v) is 17.2. The Balaban J connectivity index is 2.96. The molecule has 0 aromatic carbocycles. The predicted molar refractivity (Wildman–Crippen MR) is 98.8 cm³/mol. The molecule has 0 aliphatic carbocycles. The van der Waals surface area contributed by atoms with Crippen LogP contribution in [0, 0.1) is 17.2 Å². The molecule has 0 radical (unpaired) electrons. The van der Waals surface area contributed by atoms with Crippen LogP contribution in [0.1, 0.15) is 60.3 Å². The van der Waals surface area contributed by atoms with Crippen molar-refractivity contribution in [1.29, 1.82) is 5.26 Å². The first kappa shape index (κ1) is 22.7. The van der Waals surface area contributed by atoms with Crippen LogP contribution in [0.3, 0.4) is 0 Å². The van der Waals surface area contributed by atoms with E-state index in [1.54, 1.807) is 0 Å². The summed E-state index contributed by atoms with van der Waals surface area (Å²) in [6, 6.07) is 2.09. The highest BCUT2D eigenvalue weighted by Gasteiger charge is 2.49. The van der Waals surface area contributed by atoms with E-state index in [1.165, 1.54) is 0 Å². The normalized spacial score (nSPS) is 31.0. The van der Waals surface area contributed by atoms with Crippen LogP contribution in [0.5, 0.6) is 0 Å². The molecule has 5 atom stereocenters. The van der Waals surface area contributed by atoms with E-state index in [-0.39, 0.29) is 5.92 Å². The molecule has 1 aliphatic rings. The maximum Gasteiger partial charge on any atom is 0.259 e. The van der Waals surface area contributed by atoms with Gasteiger partial charge in [0, 0.05) is 19.0 Å². The first-order chi connectivity index (χ1) is 11.9. The minimum Gasteiger partial charge on any atom is -0.372 e. The quantitative estimate of drug-likeness (QED) is 0.382. The summed E-state index contributed by atoms with van der Waals surface area (Å²) in [6.07, 6.45) is 1.15. The van der Waals surface area contributed by atoms with Gasteiger partial charge in [0.05, 0.1) is 31.3 Å². The Hall–Kier alpha value is -0.310. The molecule has 5 nitrogen and oxygen atoms in total. The van der Waals surface area contributed by atoms with Gasteiger partial charge in [-0.2, -0.15) is 5.26 Å². The largest absolute Gasteiger partial charge is 0.372 e. The van der Waals surface area contributed by atoms with Crippen LogP contribution in [-0.4, -0.2) is 48.9 Å². The van der Waals surface area contributed by atoms with Gasteiger partial charge in [-0.05, 0) is 26.2 Å². The van der Waals surface area contributed by atoms with E-state index in [4.69, 9.17) is 19.0 Å². The summed E-state index contributed by atoms with van der Waals surface area (Å²) in [5.41, 5.74) is -0.658. The molecule has 1 fully saturated rings. The SMILES string of the molecule is CCCN(CCC)P(OCCC#N)O[C@H]1[C@@H](F)[C@H](C)CO[C@]1(C)CC. The van der Waals surface area contributed by atoms with Crippen LogP contribution in [-0.2, 0) is 13.8 Å². The lowest BCUT2D eigenvalue weighted by atomic mass is 9.85. The zero-order valence-electron chi connectivity index (χ0n) is 16.3. The Labute approximate surface area is 153 Å². The molecular formula is C18H34FN2O3P.